The molecule has 1 aromatic carbocycles. The van der Waals surface area contributed by atoms with E-state index in [0.717, 1.165) is 41.7 Å². The Labute approximate surface area is 203 Å². The lowest BCUT2D eigenvalue weighted by molar-refractivity contribution is -0.605. The van der Waals surface area contributed by atoms with E-state index in [0.29, 0.717) is 23.6 Å². The van der Waals surface area contributed by atoms with Gasteiger partial charge in [0.1, 0.15) is 0 Å². The number of anilines is 1. The van der Waals surface area contributed by atoms with Crippen LogP contribution in [0.2, 0.25) is 5.02 Å². The van der Waals surface area contributed by atoms with Gasteiger partial charge < -0.3 is 20.0 Å². The fourth-order valence-electron chi connectivity index (χ4n) is 4.79. The topological polar surface area (TPSA) is 104 Å². The van der Waals surface area contributed by atoms with Crippen molar-refractivity contribution < 1.29 is 17.9 Å². The minimum absolute atomic E-state index is 0.0624. The molecule has 0 radical (unpaired) electrons. The number of hydrogen-bond acceptors (Lipinski definition) is 5. The van der Waals surface area contributed by atoms with Gasteiger partial charge in [0.05, 0.1) is 9.92 Å². The Hall–Kier alpha value is -2.82. The van der Waals surface area contributed by atoms with Crippen LogP contribution in [-0.4, -0.2) is 67.8 Å². The highest BCUT2D eigenvalue weighted by atomic mass is 35.5. The quantitative estimate of drug-likeness (QED) is 0.434. The van der Waals surface area contributed by atoms with Gasteiger partial charge in [0.2, 0.25) is 15.9 Å². The maximum atomic E-state index is 13.2. The van der Waals surface area contributed by atoms with Crippen molar-refractivity contribution in [2.24, 2.45) is 5.92 Å². The summed E-state index contributed by atoms with van der Waals surface area (Å²) < 4.78 is 28.5. The normalized spacial score (nSPS) is 18.5. The average Bonchev–Trinajstić information content (AvgIpc) is 3.24. The Balaban J connectivity index is 1.17. The number of nitrogens with one attached hydrogen (secondary N) is 1. The Morgan fingerprint density at radius 1 is 1.03 bits per heavy atom. The van der Waals surface area contributed by atoms with Gasteiger partial charge >= 0.3 is 0 Å². The number of halogens is 1. The molecule has 0 bridgehead atoms. The van der Waals surface area contributed by atoms with Crippen LogP contribution in [0.4, 0.5) is 5.69 Å². The number of sulfonamides is 1. The summed E-state index contributed by atoms with van der Waals surface area (Å²) in [6, 6.07) is 8.46. The van der Waals surface area contributed by atoms with Crippen LogP contribution in [0.25, 0.3) is 10.9 Å². The van der Waals surface area contributed by atoms with E-state index in [-0.39, 0.29) is 29.8 Å². The van der Waals surface area contributed by atoms with E-state index in [2.05, 4.69) is 9.88 Å². The zero-order valence-electron chi connectivity index (χ0n) is 18.6. The van der Waals surface area contributed by atoms with Crippen LogP contribution < -0.4 is 9.63 Å². The minimum atomic E-state index is -3.66. The first kappa shape index (κ1) is 22.9. The third-order valence-corrected chi connectivity index (χ3v) is 8.99. The number of piperidine rings is 1. The fraction of sp³-hybridized carbons (Fsp3) is 0.391. The molecular formula is C23H26ClN5O4S. The summed E-state index contributed by atoms with van der Waals surface area (Å²) in [5.41, 5.74) is 1.66. The molecule has 0 atom stereocenters. The Morgan fingerprint density at radius 3 is 2.38 bits per heavy atom. The summed E-state index contributed by atoms with van der Waals surface area (Å²) in [5.74, 6) is 0.0391. The van der Waals surface area contributed by atoms with Gasteiger partial charge in [-0.3, -0.25) is 4.79 Å². The predicted molar refractivity (Wildman–Crippen MR) is 129 cm³/mol. The van der Waals surface area contributed by atoms with E-state index < -0.39 is 10.0 Å². The lowest BCUT2D eigenvalue weighted by Gasteiger charge is -2.38. The van der Waals surface area contributed by atoms with Gasteiger partial charge in [-0.05, 0) is 31.0 Å². The molecule has 2 saturated heterocycles. The number of nitrogens with zero attached hydrogens (tertiary/aromatic N) is 4. The molecule has 0 spiro atoms. The second kappa shape index (κ2) is 9.09. The molecule has 5 rings (SSSR count). The van der Waals surface area contributed by atoms with E-state index in [1.807, 2.05) is 0 Å². The van der Waals surface area contributed by atoms with Crippen LogP contribution in [0, 0.1) is 11.1 Å². The molecule has 2 aliphatic heterocycles. The van der Waals surface area contributed by atoms with Crippen molar-refractivity contribution in [3.8, 4) is 0 Å². The molecule has 3 aromatic rings. The van der Waals surface area contributed by atoms with E-state index in [1.165, 1.54) is 16.7 Å². The van der Waals surface area contributed by atoms with E-state index in [1.54, 1.807) is 41.4 Å². The van der Waals surface area contributed by atoms with Gasteiger partial charge in [-0.15, -0.1) is 0 Å². The lowest BCUT2D eigenvalue weighted by atomic mass is 9.94. The van der Waals surface area contributed by atoms with Gasteiger partial charge in [-0.2, -0.15) is 9.04 Å². The first-order valence-electron chi connectivity index (χ1n) is 11.3. The van der Waals surface area contributed by atoms with Crippen LogP contribution in [0.1, 0.15) is 12.8 Å². The number of H-pyrrole nitrogens is 1. The highest BCUT2D eigenvalue weighted by Gasteiger charge is 2.34. The third-order valence-electron chi connectivity index (χ3n) is 6.78. The number of benzene rings is 1. The van der Waals surface area contributed by atoms with Crippen molar-refractivity contribution in [1.82, 2.24) is 14.2 Å². The summed E-state index contributed by atoms with van der Waals surface area (Å²) in [6.45, 7) is 2.82. The van der Waals surface area contributed by atoms with Gasteiger partial charge in [0.25, 0.3) is 0 Å². The molecule has 9 nitrogen and oxygen atoms in total. The number of aromatic nitrogens is 2. The Kier molecular flexibility index (Phi) is 6.13. The molecule has 180 valence electrons. The van der Waals surface area contributed by atoms with Crippen LogP contribution in [0.3, 0.4) is 0 Å². The number of piperazine rings is 1. The Bertz CT molecular complexity index is 1290. The summed E-state index contributed by atoms with van der Waals surface area (Å²) in [7, 11) is -3.66. The van der Waals surface area contributed by atoms with Crippen molar-refractivity contribution in [3.63, 3.8) is 0 Å². The van der Waals surface area contributed by atoms with Gasteiger partial charge in [-0.25, -0.2) is 8.42 Å². The first-order valence-corrected chi connectivity index (χ1v) is 13.1. The largest absolute Gasteiger partial charge is 0.619 e. The smallest absolute Gasteiger partial charge is 0.243 e. The van der Waals surface area contributed by atoms with Crippen molar-refractivity contribution in [2.75, 3.05) is 44.2 Å². The van der Waals surface area contributed by atoms with E-state index in [9.17, 15) is 18.4 Å². The second-order valence-electron chi connectivity index (χ2n) is 8.75. The molecule has 0 aliphatic carbocycles. The number of fused-ring (bicyclic) bond motifs is 1. The maximum absolute atomic E-state index is 13.2. The van der Waals surface area contributed by atoms with Gasteiger partial charge in [-0.1, -0.05) is 11.6 Å². The van der Waals surface area contributed by atoms with E-state index in [4.69, 9.17) is 11.6 Å². The SMILES string of the molecule is O=C(C1CCN(c2cc[n+]([O-])cc2)CC1)N1CCN(S(=O)(=O)c2ccc3c(Cl)c[nH]c3c2)CC1. The monoisotopic (exact) mass is 503 g/mol. The van der Waals surface area contributed by atoms with Gasteiger partial charge in [0, 0.05) is 80.1 Å². The standard InChI is InChI=1S/C23H26ClN5O4S/c24-21-16-25-22-15-19(1-2-20(21)22)34(32,33)29-13-11-27(12-14-29)23(30)17-3-7-26(8-4-17)18-5-9-28(31)10-6-18/h1-2,5-6,9-10,15-17,25H,3-4,7-8,11-14H2. The molecule has 1 N–H and O–H groups in total. The summed E-state index contributed by atoms with van der Waals surface area (Å²) in [5, 5.41) is 12.6. The fourth-order valence-corrected chi connectivity index (χ4v) is 6.46. The number of hydrogen-bond donors (Lipinski definition) is 1. The number of carbonyl (C=O) groups excluding carboxylic acids is 1. The zero-order valence-corrected chi connectivity index (χ0v) is 20.1. The van der Waals surface area contributed by atoms with Crippen LogP contribution in [0.15, 0.2) is 53.8 Å². The molecule has 0 unspecified atom stereocenters. The summed E-state index contributed by atoms with van der Waals surface area (Å²) >= 11 is 6.10. The maximum Gasteiger partial charge on any atom is 0.243 e. The Morgan fingerprint density at radius 2 is 1.71 bits per heavy atom. The highest BCUT2D eigenvalue weighted by Crippen LogP contribution is 2.28. The van der Waals surface area contributed by atoms with Crippen molar-refractivity contribution in [2.45, 2.75) is 17.7 Å². The van der Waals surface area contributed by atoms with Crippen molar-refractivity contribution >= 4 is 44.1 Å². The zero-order chi connectivity index (χ0) is 23.9. The summed E-state index contributed by atoms with van der Waals surface area (Å²) in [6.07, 6.45) is 6.07. The number of rotatable bonds is 4. The molecule has 1 amide bonds. The number of aromatic amines is 1. The molecule has 2 aromatic heterocycles. The van der Waals surface area contributed by atoms with E-state index >= 15 is 0 Å². The van der Waals surface area contributed by atoms with Crippen LogP contribution in [0.5, 0.6) is 0 Å². The molecule has 4 heterocycles. The van der Waals surface area contributed by atoms with Crippen LogP contribution >= 0.6 is 11.6 Å². The molecule has 34 heavy (non-hydrogen) atoms. The molecule has 11 heteroatoms. The summed E-state index contributed by atoms with van der Waals surface area (Å²) in [4.78, 5) is 20.3. The molecular weight excluding hydrogens is 478 g/mol. The predicted octanol–water partition coefficient (Wildman–Crippen LogP) is 2.20. The number of amides is 1. The molecule has 0 saturated carbocycles. The lowest BCUT2D eigenvalue weighted by Crippen LogP contribution is -2.52. The third kappa shape index (κ3) is 4.33. The van der Waals surface area contributed by atoms with Gasteiger partial charge in [0.15, 0.2) is 12.4 Å². The highest BCUT2D eigenvalue weighted by molar-refractivity contribution is 7.89. The van der Waals surface area contributed by atoms with Crippen LogP contribution in [-0.2, 0) is 14.8 Å². The number of carbonyl (C=O) groups is 1. The molecule has 2 aliphatic rings. The van der Waals surface area contributed by atoms with Crippen molar-refractivity contribution in [3.05, 3.63) is 59.2 Å². The minimum Gasteiger partial charge on any atom is -0.619 e. The average molecular weight is 504 g/mol. The number of pyridine rings is 1. The molecule has 2 fully saturated rings. The van der Waals surface area contributed by atoms with Crippen molar-refractivity contribution in [1.29, 1.82) is 0 Å². The second-order valence-corrected chi connectivity index (χ2v) is 11.1. The first-order chi connectivity index (χ1) is 16.3.